The molecule has 0 unspecified atom stereocenters. The van der Waals surface area contributed by atoms with Crippen molar-refractivity contribution in [1.82, 2.24) is 0 Å². The van der Waals surface area contributed by atoms with Crippen LogP contribution in [0.4, 0.5) is 11.4 Å². The van der Waals surface area contributed by atoms with Crippen LogP contribution in [0.5, 0.6) is 0 Å². The molecule has 0 aliphatic heterocycles. The van der Waals surface area contributed by atoms with Gasteiger partial charge < -0.3 is 9.73 Å². The molecule has 0 radical (unpaired) electrons. The van der Waals surface area contributed by atoms with Crippen molar-refractivity contribution in [2.45, 2.75) is 0 Å². The molecule has 1 aromatic carbocycles. The monoisotopic (exact) mass is 388 g/mol. The lowest BCUT2D eigenvalue weighted by molar-refractivity contribution is -0.385. The minimum absolute atomic E-state index is 0.121. The van der Waals surface area contributed by atoms with E-state index in [1.807, 2.05) is 0 Å². The Balaban J connectivity index is 2.25. The van der Waals surface area contributed by atoms with E-state index in [1.54, 1.807) is 6.07 Å². The van der Waals surface area contributed by atoms with E-state index in [1.165, 1.54) is 24.5 Å². The number of amides is 1. The fourth-order valence-electron chi connectivity index (χ4n) is 1.38. The van der Waals surface area contributed by atoms with Crippen LogP contribution < -0.4 is 5.32 Å². The third-order valence-corrected chi connectivity index (χ3v) is 3.55. The zero-order valence-corrected chi connectivity index (χ0v) is 12.4. The minimum atomic E-state index is -0.534. The second kappa shape index (κ2) is 5.54. The van der Waals surface area contributed by atoms with Crippen molar-refractivity contribution in [2.24, 2.45) is 0 Å². The molecule has 1 aromatic heterocycles. The van der Waals surface area contributed by atoms with Crippen LogP contribution in [0.15, 0.2) is 44.1 Å². The van der Waals surface area contributed by atoms with Gasteiger partial charge in [-0.1, -0.05) is 0 Å². The molecule has 1 heterocycles. The van der Waals surface area contributed by atoms with Gasteiger partial charge in [-0.15, -0.1) is 0 Å². The molecule has 2 aromatic rings. The standard InChI is InChI=1S/C11H6Br2N2O4/c12-8-2-1-6(5-9(8)15(17)18)14-11(16)7-3-4-19-10(7)13/h1-5H,(H,14,16). The van der Waals surface area contributed by atoms with E-state index >= 15 is 0 Å². The number of carbonyl (C=O) groups excluding carboxylic acids is 1. The number of furan rings is 1. The molecule has 2 rings (SSSR count). The Morgan fingerprint density at radius 1 is 1.32 bits per heavy atom. The highest BCUT2D eigenvalue weighted by Gasteiger charge is 2.16. The first kappa shape index (κ1) is 13.8. The average Bonchev–Trinajstić information content (AvgIpc) is 2.77. The molecule has 0 spiro atoms. The molecule has 6 nitrogen and oxygen atoms in total. The second-order valence-electron chi connectivity index (χ2n) is 3.49. The molecule has 1 N–H and O–H groups in total. The number of nitrogens with zero attached hydrogens (tertiary/aromatic N) is 1. The zero-order chi connectivity index (χ0) is 14.0. The maximum atomic E-state index is 11.9. The van der Waals surface area contributed by atoms with Gasteiger partial charge in [-0.25, -0.2) is 0 Å². The van der Waals surface area contributed by atoms with E-state index in [0.717, 1.165) is 0 Å². The van der Waals surface area contributed by atoms with Gasteiger partial charge in [-0.05, 0) is 50.1 Å². The molecule has 0 saturated heterocycles. The summed E-state index contributed by atoms with van der Waals surface area (Å²) >= 11 is 6.16. The molecular formula is C11H6Br2N2O4. The van der Waals surface area contributed by atoms with E-state index in [-0.39, 0.29) is 5.69 Å². The number of nitrogens with one attached hydrogen (secondary N) is 1. The van der Waals surface area contributed by atoms with Gasteiger partial charge in [0.2, 0.25) is 0 Å². The lowest BCUT2D eigenvalue weighted by Gasteiger charge is -2.04. The Morgan fingerprint density at radius 3 is 2.63 bits per heavy atom. The molecule has 0 aliphatic rings. The van der Waals surface area contributed by atoms with Crippen LogP contribution in [-0.4, -0.2) is 10.8 Å². The maximum Gasteiger partial charge on any atom is 0.285 e. The summed E-state index contributed by atoms with van der Waals surface area (Å²) in [5.74, 6) is -0.419. The average molecular weight is 390 g/mol. The number of carbonyl (C=O) groups is 1. The molecule has 0 saturated carbocycles. The Morgan fingerprint density at radius 2 is 2.05 bits per heavy atom. The van der Waals surface area contributed by atoms with Gasteiger partial charge in [-0.3, -0.25) is 14.9 Å². The fraction of sp³-hybridized carbons (Fsp3) is 0. The molecule has 0 atom stereocenters. The molecule has 0 fully saturated rings. The highest BCUT2D eigenvalue weighted by atomic mass is 79.9. The maximum absolute atomic E-state index is 11.9. The van der Waals surface area contributed by atoms with E-state index in [9.17, 15) is 14.9 Å². The van der Waals surface area contributed by atoms with Crippen LogP contribution in [0.1, 0.15) is 10.4 Å². The van der Waals surface area contributed by atoms with Gasteiger partial charge in [-0.2, -0.15) is 0 Å². The molecular weight excluding hydrogens is 384 g/mol. The highest BCUT2D eigenvalue weighted by Crippen LogP contribution is 2.28. The van der Waals surface area contributed by atoms with Gasteiger partial charge in [0.1, 0.15) is 0 Å². The number of hydrogen-bond donors (Lipinski definition) is 1. The van der Waals surface area contributed by atoms with Crippen molar-refractivity contribution in [3.05, 3.63) is 55.3 Å². The summed E-state index contributed by atoms with van der Waals surface area (Å²) in [6.07, 6.45) is 1.36. The summed E-state index contributed by atoms with van der Waals surface area (Å²) in [6, 6.07) is 5.82. The van der Waals surface area contributed by atoms with Crippen molar-refractivity contribution in [3.63, 3.8) is 0 Å². The SMILES string of the molecule is O=C(Nc1ccc(Br)c([N+](=O)[O-])c1)c1ccoc1Br. The minimum Gasteiger partial charge on any atom is -0.457 e. The van der Waals surface area contributed by atoms with Crippen LogP contribution in [-0.2, 0) is 0 Å². The quantitative estimate of drug-likeness (QED) is 0.635. The largest absolute Gasteiger partial charge is 0.457 e. The number of benzene rings is 1. The molecule has 0 aliphatic carbocycles. The predicted octanol–water partition coefficient (Wildman–Crippen LogP) is 3.97. The van der Waals surface area contributed by atoms with E-state index in [2.05, 4.69) is 37.2 Å². The van der Waals surface area contributed by atoms with Crippen molar-refractivity contribution in [1.29, 1.82) is 0 Å². The number of nitro benzene ring substituents is 1. The summed E-state index contributed by atoms with van der Waals surface area (Å²) in [5, 5.41) is 13.3. The third kappa shape index (κ3) is 3.02. The van der Waals surface area contributed by atoms with Crippen LogP contribution in [0.3, 0.4) is 0 Å². The van der Waals surface area contributed by atoms with E-state index in [0.29, 0.717) is 20.4 Å². The Hall–Kier alpha value is -1.67. The van der Waals surface area contributed by atoms with E-state index in [4.69, 9.17) is 4.42 Å². The number of hydrogen-bond acceptors (Lipinski definition) is 4. The first-order valence-corrected chi connectivity index (χ1v) is 6.56. The molecule has 1 amide bonds. The smallest absolute Gasteiger partial charge is 0.285 e. The van der Waals surface area contributed by atoms with Gasteiger partial charge in [0.25, 0.3) is 11.6 Å². The van der Waals surface area contributed by atoms with Gasteiger partial charge in [0.15, 0.2) is 4.67 Å². The lowest BCUT2D eigenvalue weighted by Crippen LogP contribution is -2.11. The number of anilines is 1. The van der Waals surface area contributed by atoms with Crippen molar-refractivity contribution in [3.8, 4) is 0 Å². The van der Waals surface area contributed by atoms with E-state index < -0.39 is 10.8 Å². The lowest BCUT2D eigenvalue weighted by atomic mass is 10.2. The third-order valence-electron chi connectivity index (χ3n) is 2.26. The van der Waals surface area contributed by atoms with Crippen molar-refractivity contribution >= 4 is 49.1 Å². The highest BCUT2D eigenvalue weighted by molar-refractivity contribution is 9.10. The number of rotatable bonds is 3. The Bertz CT molecular complexity index is 654. The van der Waals surface area contributed by atoms with Crippen molar-refractivity contribution < 1.29 is 14.1 Å². The first-order valence-electron chi connectivity index (χ1n) is 4.97. The van der Waals surface area contributed by atoms with Crippen LogP contribution in [0.2, 0.25) is 0 Å². The molecule has 19 heavy (non-hydrogen) atoms. The topological polar surface area (TPSA) is 85.4 Å². The number of nitro groups is 1. The first-order chi connectivity index (χ1) is 8.99. The molecule has 0 bridgehead atoms. The zero-order valence-electron chi connectivity index (χ0n) is 9.22. The van der Waals surface area contributed by atoms with Crippen LogP contribution in [0, 0.1) is 10.1 Å². The Labute approximate surface area is 124 Å². The van der Waals surface area contributed by atoms with Gasteiger partial charge >= 0.3 is 0 Å². The summed E-state index contributed by atoms with van der Waals surface area (Å²) in [6.45, 7) is 0. The van der Waals surface area contributed by atoms with Gasteiger partial charge in [0, 0.05) is 11.8 Å². The normalized spacial score (nSPS) is 10.2. The number of halogens is 2. The van der Waals surface area contributed by atoms with Gasteiger partial charge in [0.05, 0.1) is 21.2 Å². The summed E-state index contributed by atoms with van der Waals surface area (Å²) in [4.78, 5) is 22.1. The van der Waals surface area contributed by atoms with Crippen LogP contribution >= 0.6 is 31.9 Å². The summed E-state index contributed by atoms with van der Waals surface area (Å²) < 4.78 is 5.59. The molecule has 8 heteroatoms. The molecule has 98 valence electrons. The fourth-order valence-corrected chi connectivity index (χ4v) is 2.20. The second-order valence-corrected chi connectivity index (χ2v) is 5.06. The summed E-state index contributed by atoms with van der Waals surface area (Å²) in [7, 11) is 0. The van der Waals surface area contributed by atoms with Crippen LogP contribution in [0.25, 0.3) is 0 Å². The Kier molecular flexibility index (Phi) is 4.01. The predicted molar refractivity (Wildman–Crippen MR) is 75.2 cm³/mol. The summed E-state index contributed by atoms with van der Waals surface area (Å²) in [5.41, 5.74) is 0.516. The van der Waals surface area contributed by atoms with Crippen molar-refractivity contribution in [2.75, 3.05) is 5.32 Å².